The van der Waals surface area contributed by atoms with E-state index in [4.69, 9.17) is 0 Å². The Balaban J connectivity index is 1.84. The Hall–Kier alpha value is -2.15. The van der Waals surface area contributed by atoms with Gasteiger partial charge in [0.2, 0.25) is 20.9 Å². The van der Waals surface area contributed by atoms with Crippen LogP contribution in [0, 0.1) is 0 Å². The Bertz CT molecular complexity index is 853. The van der Waals surface area contributed by atoms with Gasteiger partial charge in [0.15, 0.2) is 0 Å². The molecule has 1 fully saturated rings. The zero-order chi connectivity index (χ0) is 18.0. The molecule has 1 saturated carbocycles. The maximum absolute atomic E-state index is 12.9. The molecule has 0 radical (unpaired) electrons. The van der Waals surface area contributed by atoms with Crippen molar-refractivity contribution in [1.29, 1.82) is 0 Å². The SMILES string of the molecule is C[C@@H](C(=O)NC1CCCC1)S(=O)(=O)c1ncc(-c2ccccc2)n1C. The lowest BCUT2D eigenvalue weighted by molar-refractivity contribution is -0.121. The van der Waals surface area contributed by atoms with Crippen molar-refractivity contribution in [2.45, 2.75) is 49.1 Å². The lowest BCUT2D eigenvalue weighted by atomic mass is 10.2. The van der Waals surface area contributed by atoms with E-state index in [1.165, 1.54) is 17.7 Å². The van der Waals surface area contributed by atoms with Gasteiger partial charge in [-0.15, -0.1) is 0 Å². The summed E-state index contributed by atoms with van der Waals surface area (Å²) in [6.45, 7) is 1.43. The van der Waals surface area contributed by atoms with Crippen LogP contribution in [-0.4, -0.2) is 35.2 Å². The Morgan fingerprint density at radius 3 is 2.52 bits per heavy atom. The highest BCUT2D eigenvalue weighted by atomic mass is 32.2. The quantitative estimate of drug-likeness (QED) is 0.886. The maximum atomic E-state index is 12.9. The van der Waals surface area contributed by atoms with Crippen molar-refractivity contribution < 1.29 is 13.2 Å². The van der Waals surface area contributed by atoms with Crippen molar-refractivity contribution in [3.05, 3.63) is 36.5 Å². The summed E-state index contributed by atoms with van der Waals surface area (Å²) in [6, 6.07) is 9.54. The van der Waals surface area contributed by atoms with E-state index < -0.39 is 21.0 Å². The molecule has 1 aliphatic rings. The first-order valence-corrected chi connectivity index (χ1v) is 10.1. The minimum atomic E-state index is -3.86. The summed E-state index contributed by atoms with van der Waals surface area (Å²) in [4.78, 5) is 16.5. The van der Waals surface area contributed by atoms with Gasteiger partial charge in [-0.05, 0) is 25.3 Å². The highest BCUT2D eigenvalue weighted by molar-refractivity contribution is 7.92. The molecule has 2 aromatic rings. The number of hydrogen-bond donors (Lipinski definition) is 1. The number of nitrogens with one attached hydrogen (secondary N) is 1. The summed E-state index contributed by atoms with van der Waals surface area (Å²) < 4.78 is 27.3. The van der Waals surface area contributed by atoms with Crippen LogP contribution in [0.15, 0.2) is 41.7 Å². The maximum Gasteiger partial charge on any atom is 0.238 e. The van der Waals surface area contributed by atoms with Crippen LogP contribution in [-0.2, 0) is 21.7 Å². The van der Waals surface area contributed by atoms with E-state index in [1.807, 2.05) is 30.3 Å². The molecular weight excluding hydrogens is 338 g/mol. The zero-order valence-electron chi connectivity index (χ0n) is 14.5. The molecule has 1 atom stereocenters. The van der Waals surface area contributed by atoms with Crippen LogP contribution in [0.1, 0.15) is 32.6 Å². The van der Waals surface area contributed by atoms with Gasteiger partial charge in [0.1, 0.15) is 5.25 Å². The number of carbonyl (C=O) groups is 1. The molecule has 1 amide bonds. The van der Waals surface area contributed by atoms with E-state index >= 15 is 0 Å². The fourth-order valence-corrected chi connectivity index (χ4v) is 4.57. The largest absolute Gasteiger partial charge is 0.352 e. The number of carbonyl (C=O) groups excluding carboxylic acids is 1. The van der Waals surface area contributed by atoms with Gasteiger partial charge in [0.05, 0.1) is 11.9 Å². The zero-order valence-corrected chi connectivity index (χ0v) is 15.3. The normalized spacial score (nSPS) is 16.7. The van der Waals surface area contributed by atoms with E-state index in [1.54, 1.807) is 7.05 Å². The predicted octanol–water partition coefficient (Wildman–Crippen LogP) is 2.31. The van der Waals surface area contributed by atoms with E-state index in [-0.39, 0.29) is 11.2 Å². The first kappa shape index (κ1) is 17.7. The molecule has 0 aliphatic heterocycles. The number of hydrogen-bond acceptors (Lipinski definition) is 4. The minimum absolute atomic E-state index is 0.0829. The Labute approximate surface area is 148 Å². The summed E-state index contributed by atoms with van der Waals surface area (Å²) in [5.41, 5.74) is 1.57. The Morgan fingerprint density at radius 1 is 1.24 bits per heavy atom. The molecule has 6 nitrogen and oxygen atoms in total. The Morgan fingerprint density at radius 2 is 1.88 bits per heavy atom. The molecule has 0 bridgehead atoms. The fraction of sp³-hybridized carbons (Fsp3) is 0.444. The smallest absolute Gasteiger partial charge is 0.238 e. The monoisotopic (exact) mass is 361 g/mol. The molecule has 1 heterocycles. The van der Waals surface area contributed by atoms with Gasteiger partial charge in [-0.25, -0.2) is 13.4 Å². The number of nitrogens with zero attached hydrogens (tertiary/aromatic N) is 2. The van der Waals surface area contributed by atoms with Gasteiger partial charge in [-0.2, -0.15) is 0 Å². The summed E-state index contributed by atoms with van der Waals surface area (Å²) in [5, 5.41) is 1.61. The molecule has 1 aliphatic carbocycles. The Kier molecular flexibility index (Phi) is 4.94. The van der Waals surface area contributed by atoms with Crippen LogP contribution in [0.25, 0.3) is 11.3 Å². The van der Waals surface area contributed by atoms with E-state index in [0.717, 1.165) is 31.2 Å². The van der Waals surface area contributed by atoms with Gasteiger partial charge in [-0.3, -0.25) is 4.79 Å². The van der Waals surface area contributed by atoms with Crippen molar-refractivity contribution >= 4 is 15.7 Å². The summed E-state index contributed by atoms with van der Waals surface area (Å²) in [6.07, 6.45) is 5.51. The number of benzene rings is 1. The number of imidazole rings is 1. The third kappa shape index (κ3) is 3.46. The molecule has 0 unspecified atom stereocenters. The van der Waals surface area contributed by atoms with Crippen LogP contribution in [0.2, 0.25) is 0 Å². The van der Waals surface area contributed by atoms with Crippen molar-refractivity contribution in [2.24, 2.45) is 7.05 Å². The highest BCUT2D eigenvalue weighted by Crippen LogP contribution is 2.24. The molecule has 3 rings (SSSR count). The highest BCUT2D eigenvalue weighted by Gasteiger charge is 2.35. The van der Waals surface area contributed by atoms with Crippen molar-refractivity contribution in [3.8, 4) is 11.3 Å². The lowest BCUT2D eigenvalue weighted by Crippen LogP contribution is -2.42. The van der Waals surface area contributed by atoms with Gasteiger partial charge in [0, 0.05) is 13.1 Å². The van der Waals surface area contributed by atoms with Crippen molar-refractivity contribution in [3.63, 3.8) is 0 Å². The molecule has 1 aromatic carbocycles. The second-order valence-electron chi connectivity index (χ2n) is 6.53. The fourth-order valence-electron chi connectivity index (χ4n) is 3.22. The van der Waals surface area contributed by atoms with Gasteiger partial charge in [0.25, 0.3) is 0 Å². The van der Waals surface area contributed by atoms with Gasteiger partial charge >= 0.3 is 0 Å². The molecule has 0 spiro atoms. The lowest BCUT2D eigenvalue weighted by Gasteiger charge is -2.17. The molecule has 0 saturated heterocycles. The predicted molar refractivity (Wildman–Crippen MR) is 95.7 cm³/mol. The molecule has 25 heavy (non-hydrogen) atoms. The van der Waals surface area contributed by atoms with E-state index in [9.17, 15) is 13.2 Å². The molecule has 7 heteroatoms. The van der Waals surface area contributed by atoms with E-state index in [0.29, 0.717) is 5.69 Å². The standard InChI is InChI=1S/C18H23N3O3S/c1-13(17(22)20-15-10-6-7-11-15)25(23,24)18-19-12-16(21(18)2)14-8-4-3-5-9-14/h3-5,8-9,12-13,15H,6-7,10-11H2,1-2H3,(H,20,22)/t13-/m0/s1. The van der Waals surface area contributed by atoms with Gasteiger partial charge < -0.3 is 9.88 Å². The topological polar surface area (TPSA) is 81.1 Å². The number of aromatic nitrogens is 2. The first-order chi connectivity index (χ1) is 11.9. The third-order valence-electron chi connectivity index (χ3n) is 4.81. The number of sulfone groups is 1. The average Bonchev–Trinajstić information content (AvgIpc) is 3.24. The van der Waals surface area contributed by atoms with Crippen molar-refractivity contribution in [1.82, 2.24) is 14.9 Å². The minimum Gasteiger partial charge on any atom is -0.352 e. The van der Waals surface area contributed by atoms with E-state index in [2.05, 4.69) is 10.3 Å². The van der Waals surface area contributed by atoms with Crippen LogP contribution < -0.4 is 5.32 Å². The molecule has 134 valence electrons. The van der Waals surface area contributed by atoms with Crippen molar-refractivity contribution in [2.75, 3.05) is 0 Å². The average molecular weight is 361 g/mol. The van der Waals surface area contributed by atoms with Crippen LogP contribution >= 0.6 is 0 Å². The van der Waals surface area contributed by atoms with Crippen LogP contribution in [0.5, 0.6) is 0 Å². The van der Waals surface area contributed by atoms with Crippen LogP contribution in [0.3, 0.4) is 0 Å². The third-order valence-corrected chi connectivity index (χ3v) is 6.84. The van der Waals surface area contributed by atoms with Gasteiger partial charge in [-0.1, -0.05) is 43.2 Å². The number of rotatable bonds is 5. The van der Waals surface area contributed by atoms with Crippen LogP contribution in [0.4, 0.5) is 0 Å². The number of amides is 1. The molecule has 1 aromatic heterocycles. The second-order valence-corrected chi connectivity index (χ2v) is 8.69. The summed E-state index contributed by atoms with van der Waals surface area (Å²) >= 11 is 0. The molecule has 1 N–H and O–H groups in total. The summed E-state index contributed by atoms with van der Waals surface area (Å²) in [7, 11) is -2.20. The molecular formula is C18H23N3O3S. The first-order valence-electron chi connectivity index (χ1n) is 8.52. The second kappa shape index (κ2) is 7.00. The summed E-state index contributed by atoms with van der Waals surface area (Å²) in [5.74, 6) is -0.448.